The number of hydrogen-bond acceptors (Lipinski definition) is 6. The van der Waals surface area contributed by atoms with Crippen LogP contribution in [0.3, 0.4) is 0 Å². The van der Waals surface area contributed by atoms with E-state index >= 15 is 0 Å². The van der Waals surface area contributed by atoms with Crippen LogP contribution in [0, 0.1) is 11.8 Å². The van der Waals surface area contributed by atoms with E-state index in [-0.39, 0.29) is 0 Å². The number of amides is 2. The molecule has 0 saturated carbocycles. The Kier molecular flexibility index (Phi) is 8.31. The van der Waals surface area contributed by atoms with Crippen molar-refractivity contribution in [2.45, 2.75) is 51.8 Å². The summed E-state index contributed by atoms with van der Waals surface area (Å²) in [5, 5.41) is 5.27. The van der Waals surface area contributed by atoms with Crippen LogP contribution < -0.4 is 16.4 Å². The molecule has 0 aromatic heterocycles. The van der Waals surface area contributed by atoms with Gasteiger partial charge >= 0.3 is 12.1 Å². The first kappa shape index (κ1) is 26.3. The molecule has 34 heavy (non-hydrogen) atoms. The van der Waals surface area contributed by atoms with Gasteiger partial charge in [0.15, 0.2) is 0 Å². The van der Waals surface area contributed by atoms with Crippen LogP contribution in [0.15, 0.2) is 48.5 Å². The number of carbonyl (C=O) groups is 3. The van der Waals surface area contributed by atoms with Crippen molar-refractivity contribution in [3.05, 3.63) is 65.2 Å². The molecule has 0 aliphatic carbocycles. The number of nitrogens with one attached hydrogen (secondary N) is 2. The number of ether oxygens (including phenoxy) is 2. The quantitative estimate of drug-likeness (QED) is 0.354. The van der Waals surface area contributed by atoms with Crippen LogP contribution in [0.25, 0.3) is 0 Å². The first-order valence-electron chi connectivity index (χ1n) is 10.7. The van der Waals surface area contributed by atoms with E-state index in [1.165, 1.54) is 7.11 Å². The number of hydrogen-bond donors (Lipinski definition) is 3. The van der Waals surface area contributed by atoms with Crippen LogP contribution in [0.2, 0.25) is 0 Å². The number of benzene rings is 2. The second-order valence-electron chi connectivity index (χ2n) is 9.23. The monoisotopic (exact) mass is 465 g/mol. The van der Waals surface area contributed by atoms with Crippen LogP contribution in [0.4, 0.5) is 10.5 Å². The van der Waals surface area contributed by atoms with Gasteiger partial charge in [0.1, 0.15) is 11.6 Å². The summed E-state index contributed by atoms with van der Waals surface area (Å²) in [6.07, 6.45) is -0.718. The van der Waals surface area contributed by atoms with Gasteiger partial charge in [-0.1, -0.05) is 11.8 Å². The lowest BCUT2D eigenvalue weighted by Gasteiger charge is -2.34. The molecule has 1 atom stereocenters. The van der Waals surface area contributed by atoms with E-state index in [9.17, 15) is 14.4 Å². The Bertz CT molecular complexity index is 1090. The SMILES string of the molecule is COC(=O)C(NC(=O)c1ccc(C#Cc2ccc(N)cc2)cc1)C(C)(C)NC(=O)OC(C)(C)C. The number of alkyl carbamates (subject to hydrolysis) is 1. The van der Waals surface area contributed by atoms with E-state index in [4.69, 9.17) is 15.2 Å². The van der Waals surface area contributed by atoms with Crippen molar-refractivity contribution in [3.8, 4) is 11.8 Å². The molecule has 8 nitrogen and oxygen atoms in total. The van der Waals surface area contributed by atoms with E-state index in [0.29, 0.717) is 16.8 Å². The summed E-state index contributed by atoms with van der Waals surface area (Å²) in [7, 11) is 1.21. The van der Waals surface area contributed by atoms with Gasteiger partial charge in [-0.2, -0.15) is 0 Å². The largest absolute Gasteiger partial charge is 0.467 e. The topological polar surface area (TPSA) is 120 Å². The summed E-state index contributed by atoms with van der Waals surface area (Å²) < 4.78 is 10.1. The van der Waals surface area contributed by atoms with Gasteiger partial charge in [-0.3, -0.25) is 4.79 Å². The van der Waals surface area contributed by atoms with E-state index < -0.39 is 35.2 Å². The Morgan fingerprint density at radius 2 is 1.38 bits per heavy atom. The third-order valence-electron chi connectivity index (χ3n) is 4.67. The molecule has 0 spiro atoms. The van der Waals surface area contributed by atoms with Crippen molar-refractivity contribution >= 4 is 23.7 Å². The lowest BCUT2D eigenvalue weighted by molar-refractivity contribution is -0.144. The Morgan fingerprint density at radius 3 is 1.85 bits per heavy atom. The van der Waals surface area contributed by atoms with E-state index in [1.807, 2.05) is 12.1 Å². The smallest absolute Gasteiger partial charge is 0.408 e. The zero-order valence-electron chi connectivity index (χ0n) is 20.3. The first-order chi connectivity index (χ1) is 15.8. The molecule has 0 saturated heterocycles. The summed E-state index contributed by atoms with van der Waals surface area (Å²) in [6, 6.07) is 12.6. The highest BCUT2D eigenvalue weighted by atomic mass is 16.6. The van der Waals surface area contributed by atoms with Crippen molar-refractivity contribution < 1.29 is 23.9 Å². The molecule has 0 fully saturated rings. The minimum Gasteiger partial charge on any atom is -0.467 e. The molecule has 0 aliphatic heterocycles. The maximum atomic E-state index is 12.8. The maximum absolute atomic E-state index is 12.8. The van der Waals surface area contributed by atoms with Gasteiger partial charge in [-0.25, -0.2) is 9.59 Å². The fraction of sp³-hybridized carbons (Fsp3) is 0.346. The lowest BCUT2D eigenvalue weighted by atomic mass is 9.94. The number of anilines is 1. The number of nitrogens with two attached hydrogens (primary N) is 1. The molecular formula is C26H31N3O5. The minimum absolute atomic E-state index is 0.319. The Morgan fingerprint density at radius 1 is 0.882 bits per heavy atom. The van der Waals surface area contributed by atoms with E-state index in [1.54, 1.807) is 71.0 Å². The van der Waals surface area contributed by atoms with Crippen molar-refractivity contribution in [2.24, 2.45) is 0 Å². The second kappa shape index (κ2) is 10.8. The number of esters is 1. The normalized spacial score (nSPS) is 11.9. The molecule has 0 radical (unpaired) electrons. The number of carbonyl (C=O) groups excluding carboxylic acids is 3. The molecule has 2 aromatic rings. The summed E-state index contributed by atoms with van der Waals surface area (Å²) >= 11 is 0. The summed E-state index contributed by atoms with van der Waals surface area (Å²) in [5.41, 5.74) is 6.27. The molecule has 0 bridgehead atoms. The van der Waals surface area contributed by atoms with Gasteiger partial charge in [0.2, 0.25) is 0 Å². The molecule has 8 heteroatoms. The average molecular weight is 466 g/mol. The van der Waals surface area contributed by atoms with Crippen LogP contribution in [-0.4, -0.2) is 42.3 Å². The molecular weight excluding hydrogens is 434 g/mol. The van der Waals surface area contributed by atoms with Crippen LogP contribution in [-0.2, 0) is 14.3 Å². The van der Waals surface area contributed by atoms with Gasteiger partial charge in [0, 0.05) is 22.4 Å². The molecule has 2 amide bonds. The third kappa shape index (κ3) is 7.85. The van der Waals surface area contributed by atoms with E-state index in [0.717, 1.165) is 5.56 Å². The number of methoxy groups -OCH3 is 1. The van der Waals surface area contributed by atoms with Crippen molar-refractivity contribution in [2.75, 3.05) is 12.8 Å². The standard InChI is InChI=1S/C26H31N3O5/c1-25(2,3)34-24(32)29-26(4,5)21(23(31)33-6)28-22(30)19-13-9-17(10-14-19)7-8-18-11-15-20(27)16-12-18/h9-16,21H,27H2,1-6H3,(H,28,30)(H,29,32). The summed E-state index contributed by atoms with van der Waals surface area (Å²) in [4.78, 5) is 37.5. The predicted octanol–water partition coefficient (Wildman–Crippen LogP) is 3.24. The maximum Gasteiger partial charge on any atom is 0.408 e. The fourth-order valence-corrected chi connectivity index (χ4v) is 2.92. The Labute approximate surface area is 200 Å². The van der Waals surface area contributed by atoms with E-state index in [2.05, 4.69) is 22.5 Å². The van der Waals surface area contributed by atoms with Gasteiger partial charge in [-0.05, 0) is 83.1 Å². The fourth-order valence-electron chi connectivity index (χ4n) is 2.92. The van der Waals surface area contributed by atoms with Crippen LogP contribution >= 0.6 is 0 Å². The van der Waals surface area contributed by atoms with Crippen molar-refractivity contribution in [1.29, 1.82) is 0 Å². The van der Waals surface area contributed by atoms with Gasteiger partial charge in [-0.15, -0.1) is 0 Å². The molecule has 2 aromatic carbocycles. The molecule has 1 unspecified atom stereocenters. The van der Waals surface area contributed by atoms with Crippen LogP contribution in [0.1, 0.15) is 56.1 Å². The van der Waals surface area contributed by atoms with Crippen molar-refractivity contribution in [1.82, 2.24) is 10.6 Å². The molecule has 0 heterocycles. The second-order valence-corrected chi connectivity index (χ2v) is 9.23. The number of nitrogen functional groups attached to an aromatic ring is 1. The number of rotatable bonds is 5. The molecule has 0 aliphatic rings. The first-order valence-corrected chi connectivity index (χ1v) is 10.7. The highest BCUT2D eigenvalue weighted by molar-refractivity contribution is 5.97. The summed E-state index contributed by atoms with van der Waals surface area (Å²) in [5.74, 6) is 4.83. The molecule has 4 N–H and O–H groups in total. The van der Waals surface area contributed by atoms with Gasteiger partial charge in [0.05, 0.1) is 12.6 Å². The Hall–Kier alpha value is -3.99. The molecule has 180 valence electrons. The predicted molar refractivity (Wildman–Crippen MR) is 130 cm³/mol. The zero-order valence-corrected chi connectivity index (χ0v) is 20.3. The minimum atomic E-state index is -1.20. The lowest BCUT2D eigenvalue weighted by Crippen LogP contribution is -2.62. The zero-order chi connectivity index (χ0) is 25.5. The Balaban J connectivity index is 2.14. The highest BCUT2D eigenvalue weighted by Gasteiger charge is 2.39. The van der Waals surface area contributed by atoms with Gasteiger partial charge < -0.3 is 25.8 Å². The third-order valence-corrected chi connectivity index (χ3v) is 4.67. The highest BCUT2D eigenvalue weighted by Crippen LogP contribution is 2.15. The van der Waals surface area contributed by atoms with Crippen molar-refractivity contribution in [3.63, 3.8) is 0 Å². The average Bonchev–Trinajstić information content (AvgIpc) is 2.75. The summed E-state index contributed by atoms with van der Waals surface area (Å²) in [6.45, 7) is 8.36. The van der Waals surface area contributed by atoms with Crippen LogP contribution in [0.5, 0.6) is 0 Å². The van der Waals surface area contributed by atoms with Gasteiger partial charge in [0.25, 0.3) is 5.91 Å². The molecule has 2 rings (SSSR count).